The van der Waals surface area contributed by atoms with E-state index in [0.29, 0.717) is 5.56 Å². The highest BCUT2D eigenvalue weighted by atomic mass is 19.1. The van der Waals surface area contributed by atoms with Gasteiger partial charge in [-0.05, 0) is 59.7 Å². The number of benzene rings is 2. The van der Waals surface area contributed by atoms with E-state index in [1.54, 1.807) is 30.3 Å². The minimum Gasteiger partial charge on any atom is -0.502 e. The van der Waals surface area contributed by atoms with Crippen molar-refractivity contribution >= 4 is 16.9 Å². The topological polar surface area (TPSA) is 93.6 Å². The van der Waals surface area contributed by atoms with E-state index in [-0.39, 0.29) is 5.82 Å². The lowest BCUT2D eigenvalue weighted by molar-refractivity contribution is -0.135. The van der Waals surface area contributed by atoms with Crippen molar-refractivity contribution in [3.05, 3.63) is 71.7 Å². The Balaban J connectivity index is 1.95. The van der Waals surface area contributed by atoms with Crippen LogP contribution in [0.4, 0.5) is 4.39 Å². The lowest BCUT2D eigenvalue weighted by Gasteiger charge is -2.06. The number of rotatable bonds is 4. The smallest absolute Gasteiger partial charge is 0.370 e. The molecule has 5 nitrogen and oxygen atoms in total. The maximum atomic E-state index is 13.0. The fourth-order valence-corrected chi connectivity index (χ4v) is 2.44. The quantitative estimate of drug-likeness (QED) is 0.435. The lowest BCUT2D eigenvalue weighted by Crippen LogP contribution is -2.02. The van der Waals surface area contributed by atoms with Gasteiger partial charge in [0.2, 0.25) is 5.76 Å². The first-order valence-corrected chi connectivity index (χ1v) is 7.15. The number of aromatic amines is 1. The van der Waals surface area contributed by atoms with Gasteiger partial charge in [0.15, 0.2) is 0 Å². The van der Waals surface area contributed by atoms with Gasteiger partial charge in [0, 0.05) is 16.6 Å². The van der Waals surface area contributed by atoms with Crippen LogP contribution in [-0.4, -0.2) is 26.3 Å². The van der Waals surface area contributed by atoms with Gasteiger partial charge in [-0.2, -0.15) is 0 Å². The summed E-state index contributed by atoms with van der Waals surface area (Å²) in [5.74, 6) is -2.73. The molecule has 1 heterocycles. The van der Waals surface area contributed by atoms with Crippen molar-refractivity contribution in [3.63, 3.8) is 0 Å². The van der Waals surface area contributed by atoms with Crippen molar-refractivity contribution in [1.82, 2.24) is 4.98 Å². The standard InChI is InChI=1S/C18H14FNO4/c19-13-4-1-10(2-5-13)15-8-12-7-11(3-6-14(12)20-15)16(21)9-17(22)18(23)24/h1-9,16,20-22H,(H,23,24)/b17-9+. The Morgan fingerprint density at radius 2 is 1.79 bits per heavy atom. The van der Waals surface area contributed by atoms with Crippen molar-refractivity contribution in [1.29, 1.82) is 0 Å². The van der Waals surface area contributed by atoms with Gasteiger partial charge >= 0.3 is 5.97 Å². The molecule has 0 aliphatic rings. The van der Waals surface area contributed by atoms with Gasteiger partial charge in [0.1, 0.15) is 11.9 Å². The molecule has 3 aromatic rings. The molecule has 0 aliphatic carbocycles. The second-order valence-electron chi connectivity index (χ2n) is 5.34. The fraction of sp³-hybridized carbons (Fsp3) is 0.0556. The number of halogens is 1. The van der Waals surface area contributed by atoms with Gasteiger partial charge in [-0.3, -0.25) is 0 Å². The summed E-state index contributed by atoms with van der Waals surface area (Å²) >= 11 is 0. The van der Waals surface area contributed by atoms with Crippen LogP contribution in [0, 0.1) is 5.82 Å². The molecular formula is C18H14FNO4. The molecule has 1 unspecified atom stereocenters. The number of aliphatic carboxylic acids is 1. The molecule has 0 saturated carbocycles. The molecule has 1 aromatic heterocycles. The molecule has 0 aliphatic heterocycles. The summed E-state index contributed by atoms with van der Waals surface area (Å²) in [5, 5.41) is 28.7. The number of aliphatic hydroxyl groups excluding tert-OH is 2. The van der Waals surface area contributed by atoms with E-state index < -0.39 is 17.8 Å². The second kappa shape index (κ2) is 6.17. The van der Waals surface area contributed by atoms with Crippen LogP contribution in [0.25, 0.3) is 22.2 Å². The molecule has 0 fully saturated rings. The number of hydrogen-bond donors (Lipinski definition) is 4. The maximum absolute atomic E-state index is 13.0. The second-order valence-corrected chi connectivity index (χ2v) is 5.34. The summed E-state index contributed by atoms with van der Waals surface area (Å²) in [6.45, 7) is 0. The number of carboxylic acid groups (broad SMARTS) is 1. The predicted molar refractivity (Wildman–Crippen MR) is 87.0 cm³/mol. The number of carbonyl (C=O) groups is 1. The largest absolute Gasteiger partial charge is 0.502 e. The van der Waals surface area contributed by atoms with Crippen LogP contribution in [0.5, 0.6) is 0 Å². The summed E-state index contributed by atoms with van der Waals surface area (Å²) in [6, 6.07) is 13.0. The molecule has 3 rings (SSSR count). The van der Waals surface area contributed by atoms with Gasteiger partial charge in [-0.15, -0.1) is 0 Å². The Kier molecular flexibility index (Phi) is 4.05. The molecule has 2 aromatic carbocycles. The van der Waals surface area contributed by atoms with Crippen molar-refractivity contribution in [3.8, 4) is 11.3 Å². The van der Waals surface area contributed by atoms with Crippen LogP contribution in [0.2, 0.25) is 0 Å². The number of fused-ring (bicyclic) bond motifs is 1. The Morgan fingerprint density at radius 3 is 2.46 bits per heavy atom. The number of aliphatic hydroxyl groups is 2. The van der Waals surface area contributed by atoms with E-state index in [4.69, 9.17) is 5.11 Å². The average Bonchev–Trinajstić information content (AvgIpc) is 2.98. The molecular weight excluding hydrogens is 313 g/mol. The monoisotopic (exact) mass is 327 g/mol. The van der Waals surface area contributed by atoms with Gasteiger partial charge in [-0.25, -0.2) is 9.18 Å². The van der Waals surface area contributed by atoms with E-state index in [0.717, 1.165) is 28.2 Å². The number of nitrogens with one attached hydrogen (secondary N) is 1. The molecule has 1 atom stereocenters. The Bertz CT molecular complexity index is 928. The summed E-state index contributed by atoms with van der Waals surface area (Å²) in [6.07, 6.45) is -0.383. The number of carboxylic acids is 1. The van der Waals surface area contributed by atoms with Crippen molar-refractivity contribution in [2.24, 2.45) is 0 Å². The predicted octanol–water partition coefficient (Wildman–Crippen LogP) is 3.53. The molecule has 0 spiro atoms. The number of aromatic nitrogens is 1. The van der Waals surface area contributed by atoms with Crippen molar-refractivity contribution < 1.29 is 24.5 Å². The maximum Gasteiger partial charge on any atom is 0.370 e. The highest BCUT2D eigenvalue weighted by molar-refractivity contribution is 5.87. The van der Waals surface area contributed by atoms with E-state index in [9.17, 15) is 19.4 Å². The number of H-pyrrole nitrogens is 1. The molecule has 0 bridgehead atoms. The van der Waals surface area contributed by atoms with E-state index in [1.165, 1.54) is 12.1 Å². The first kappa shape index (κ1) is 15.8. The zero-order valence-electron chi connectivity index (χ0n) is 12.4. The van der Waals surface area contributed by atoms with E-state index in [1.807, 2.05) is 6.07 Å². The zero-order valence-corrected chi connectivity index (χ0v) is 12.4. The van der Waals surface area contributed by atoms with Crippen LogP contribution in [0.3, 0.4) is 0 Å². The Hall–Kier alpha value is -3.12. The fourth-order valence-electron chi connectivity index (χ4n) is 2.44. The van der Waals surface area contributed by atoms with Crippen molar-refractivity contribution in [2.75, 3.05) is 0 Å². The van der Waals surface area contributed by atoms with Gasteiger partial charge < -0.3 is 20.3 Å². The molecule has 6 heteroatoms. The zero-order chi connectivity index (χ0) is 17.3. The number of hydrogen-bond acceptors (Lipinski definition) is 3. The SMILES string of the molecule is O=C(O)/C(O)=C\C(O)c1ccc2[nH]c(-c3ccc(F)cc3)cc2c1. The minimum atomic E-state index is -1.50. The molecule has 122 valence electrons. The van der Waals surface area contributed by atoms with E-state index >= 15 is 0 Å². The molecule has 24 heavy (non-hydrogen) atoms. The summed E-state index contributed by atoms with van der Waals surface area (Å²) in [7, 11) is 0. The molecule has 0 saturated heterocycles. The minimum absolute atomic E-state index is 0.315. The Labute approximate surface area is 136 Å². The summed E-state index contributed by atoms with van der Waals surface area (Å²) < 4.78 is 13.0. The first-order valence-electron chi connectivity index (χ1n) is 7.15. The van der Waals surface area contributed by atoms with Crippen LogP contribution in [-0.2, 0) is 4.79 Å². The first-order chi connectivity index (χ1) is 11.4. The van der Waals surface area contributed by atoms with Gasteiger partial charge in [-0.1, -0.05) is 6.07 Å². The summed E-state index contributed by atoms with van der Waals surface area (Å²) in [4.78, 5) is 13.8. The highest BCUT2D eigenvalue weighted by Crippen LogP contribution is 2.27. The molecule has 0 radical (unpaired) electrons. The van der Waals surface area contributed by atoms with Crippen LogP contribution in [0.15, 0.2) is 60.4 Å². The lowest BCUT2D eigenvalue weighted by atomic mass is 10.1. The van der Waals surface area contributed by atoms with Crippen molar-refractivity contribution in [2.45, 2.75) is 6.10 Å². The van der Waals surface area contributed by atoms with Crippen LogP contribution in [0.1, 0.15) is 11.7 Å². The third-order valence-corrected chi connectivity index (χ3v) is 3.68. The van der Waals surface area contributed by atoms with Gasteiger partial charge in [0.05, 0.1) is 0 Å². The third-order valence-electron chi connectivity index (χ3n) is 3.68. The molecule has 0 amide bonds. The normalized spacial score (nSPS) is 13.2. The Morgan fingerprint density at radius 1 is 1.08 bits per heavy atom. The third kappa shape index (κ3) is 3.13. The highest BCUT2D eigenvalue weighted by Gasteiger charge is 2.12. The average molecular weight is 327 g/mol. The van der Waals surface area contributed by atoms with Crippen LogP contribution < -0.4 is 0 Å². The van der Waals surface area contributed by atoms with Crippen LogP contribution >= 0.6 is 0 Å². The summed E-state index contributed by atoms with van der Waals surface area (Å²) in [5.41, 5.74) is 2.87. The van der Waals surface area contributed by atoms with Gasteiger partial charge in [0.25, 0.3) is 0 Å². The molecule has 4 N–H and O–H groups in total. The van der Waals surface area contributed by atoms with E-state index in [2.05, 4.69) is 4.98 Å².